The highest BCUT2D eigenvalue weighted by molar-refractivity contribution is 5.94. The first-order chi connectivity index (χ1) is 14.3. The molecule has 5 rings (SSSR count). The fourth-order valence-corrected chi connectivity index (χ4v) is 6.13. The molecule has 2 amide bonds. The number of hydrogen-bond donors (Lipinski definition) is 2. The minimum absolute atomic E-state index is 0.00844. The zero-order valence-electron chi connectivity index (χ0n) is 18.1. The topological polar surface area (TPSA) is 84.5 Å². The van der Waals surface area contributed by atoms with E-state index in [0.717, 1.165) is 30.4 Å². The van der Waals surface area contributed by atoms with Gasteiger partial charge in [-0.2, -0.15) is 0 Å². The number of amides is 2. The zero-order valence-corrected chi connectivity index (χ0v) is 18.1. The summed E-state index contributed by atoms with van der Waals surface area (Å²) >= 11 is 0. The summed E-state index contributed by atoms with van der Waals surface area (Å²) in [6, 6.07) is 4.89. The van der Waals surface area contributed by atoms with E-state index in [9.17, 15) is 14.4 Å². The maximum Gasteiger partial charge on any atom is 0.328 e. The number of carbonyl (C=O) groups excluding carboxylic acids is 3. The molecule has 0 heterocycles. The number of benzene rings is 1. The molecule has 1 atom stereocenters. The van der Waals surface area contributed by atoms with Crippen molar-refractivity contribution in [1.82, 2.24) is 5.32 Å². The van der Waals surface area contributed by atoms with Crippen LogP contribution < -0.4 is 10.6 Å². The highest BCUT2D eigenvalue weighted by Crippen LogP contribution is 2.60. The largest absolute Gasteiger partial charge is 0.454 e. The average Bonchev–Trinajstić information content (AvgIpc) is 2.68. The average molecular weight is 413 g/mol. The van der Waals surface area contributed by atoms with Gasteiger partial charge in [0.2, 0.25) is 5.91 Å². The summed E-state index contributed by atoms with van der Waals surface area (Å²) in [4.78, 5) is 37.6. The second-order valence-electron chi connectivity index (χ2n) is 9.80. The first-order valence-corrected chi connectivity index (χ1v) is 11.1. The van der Waals surface area contributed by atoms with Gasteiger partial charge in [0.05, 0.1) is 0 Å². The van der Waals surface area contributed by atoms with E-state index in [2.05, 4.69) is 10.6 Å². The first kappa shape index (κ1) is 20.9. The summed E-state index contributed by atoms with van der Waals surface area (Å²) in [6.07, 6.45) is 6.64. The van der Waals surface area contributed by atoms with E-state index < -0.39 is 17.9 Å². The van der Waals surface area contributed by atoms with E-state index in [1.54, 1.807) is 6.92 Å². The molecule has 0 unspecified atom stereocenters. The van der Waals surface area contributed by atoms with Gasteiger partial charge in [-0.25, -0.2) is 4.79 Å². The van der Waals surface area contributed by atoms with Gasteiger partial charge in [-0.15, -0.1) is 0 Å². The zero-order chi connectivity index (χ0) is 21.5. The highest BCUT2D eigenvalue weighted by Gasteiger charge is 2.54. The summed E-state index contributed by atoms with van der Waals surface area (Å²) < 4.78 is 5.16. The predicted octanol–water partition coefficient (Wildman–Crippen LogP) is 3.51. The lowest BCUT2D eigenvalue weighted by Gasteiger charge is -2.55. The van der Waals surface area contributed by atoms with Gasteiger partial charge in [0.15, 0.2) is 6.61 Å². The third kappa shape index (κ3) is 4.09. The minimum atomic E-state index is -0.765. The van der Waals surface area contributed by atoms with Crippen molar-refractivity contribution in [3.63, 3.8) is 0 Å². The Morgan fingerprint density at radius 2 is 1.67 bits per heavy atom. The molecular weight excluding hydrogens is 380 g/mol. The molecule has 6 nitrogen and oxygen atoms in total. The van der Waals surface area contributed by atoms with Crippen molar-refractivity contribution in [2.24, 2.45) is 23.2 Å². The molecule has 1 aromatic carbocycles. The summed E-state index contributed by atoms with van der Waals surface area (Å²) in [5.74, 6) is 1.01. The third-order valence-electron chi connectivity index (χ3n) is 7.45. The van der Waals surface area contributed by atoms with Gasteiger partial charge < -0.3 is 15.4 Å². The standard InChI is InChI=1S/C24H32N2O4/c1-14-5-4-6-20(15(14)2)26-21(27)13-30-22(28)16(3)25-23(29)24-10-17-7-18(11-24)9-19(8-17)12-24/h4-6,16-19H,7-13H2,1-3H3,(H,25,29)(H,26,27)/t16-,17?,18?,19?,24?/m0/s1. The smallest absolute Gasteiger partial charge is 0.328 e. The molecule has 6 heteroatoms. The van der Waals surface area contributed by atoms with E-state index in [1.807, 2.05) is 32.0 Å². The summed E-state index contributed by atoms with van der Waals surface area (Å²) in [6.45, 7) is 5.16. The molecule has 0 spiro atoms. The van der Waals surface area contributed by atoms with Crippen molar-refractivity contribution in [2.45, 2.75) is 65.3 Å². The molecule has 0 aromatic heterocycles. The van der Waals surface area contributed by atoms with Crippen molar-refractivity contribution in [1.29, 1.82) is 0 Å². The molecule has 30 heavy (non-hydrogen) atoms. The maximum absolute atomic E-state index is 13.1. The van der Waals surface area contributed by atoms with Gasteiger partial charge in [0.1, 0.15) is 6.04 Å². The molecule has 4 bridgehead atoms. The van der Waals surface area contributed by atoms with Crippen molar-refractivity contribution in [3.8, 4) is 0 Å². The second kappa shape index (κ2) is 8.05. The molecule has 0 aliphatic heterocycles. The lowest BCUT2D eigenvalue weighted by Crippen LogP contribution is -2.56. The van der Waals surface area contributed by atoms with Crippen LogP contribution in [0.25, 0.3) is 0 Å². The molecule has 162 valence electrons. The lowest BCUT2D eigenvalue weighted by molar-refractivity contribution is -0.154. The van der Waals surface area contributed by atoms with Crippen LogP contribution in [0, 0.1) is 37.0 Å². The Kier molecular flexibility index (Phi) is 5.60. The Morgan fingerprint density at radius 3 is 2.27 bits per heavy atom. The summed E-state index contributed by atoms with van der Waals surface area (Å²) in [5, 5.41) is 5.65. The van der Waals surface area contributed by atoms with Crippen molar-refractivity contribution in [3.05, 3.63) is 29.3 Å². The number of ether oxygens (including phenoxy) is 1. The molecule has 0 saturated heterocycles. The number of carbonyl (C=O) groups is 3. The summed E-state index contributed by atoms with van der Waals surface area (Å²) in [5.41, 5.74) is 2.46. The molecule has 0 radical (unpaired) electrons. The van der Waals surface area contributed by atoms with Crippen LogP contribution in [-0.2, 0) is 19.1 Å². The van der Waals surface area contributed by atoms with Crippen molar-refractivity contribution >= 4 is 23.5 Å². The molecule has 4 fully saturated rings. The van der Waals surface area contributed by atoms with E-state index in [1.165, 1.54) is 19.3 Å². The van der Waals surface area contributed by atoms with Gasteiger partial charge in [-0.3, -0.25) is 9.59 Å². The Bertz CT molecular complexity index is 827. The van der Waals surface area contributed by atoms with Crippen LogP contribution in [0.5, 0.6) is 0 Å². The number of anilines is 1. The van der Waals surface area contributed by atoms with Crippen molar-refractivity contribution < 1.29 is 19.1 Å². The van der Waals surface area contributed by atoms with Gasteiger partial charge in [0, 0.05) is 11.1 Å². The number of rotatable bonds is 6. The summed E-state index contributed by atoms with van der Waals surface area (Å²) in [7, 11) is 0. The molecular formula is C24H32N2O4. The third-order valence-corrected chi connectivity index (χ3v) is 7.45. The van der Waals surface area contributed by atoms with Crippen LogP contribution in [0.3, 0.4) is 0 Å². The van der Waals surface area contributed by atoms with Crippen LogP contribution >= 0.6 is 0 Å². The fraction of sp³-hybridized carbons (Fsp3) is 0.625. The monoisotopic (exact) mass is 412 g/mol. The van der Waals surface area contributed by atoms with E-state index in [4.69, 9.17) is 4.74 Å². The minimum Gasteiger partial charge on any atom is -0.454 e. The first-order valence-electron chi connectivity index (χ1n) is 11.1. The molecule has 1 aromatic rings. The van der Waals surface area contributed by atoms with Gasteiger partial charge in [-0.05, 0) is 94.2 Å². The molecule has 4 saturated carbocycles. The molecule has 4 aliphatic rings. The molecule has 4 aliphatic carbocycles. The fourth-order valence-electron chi connectivity index (χ4n) is 6.13. The van der Waals surface area contributed by atoms with E-state index in [0.29, 0.717) is 23.4 Å². The highest BCUT2D eigenvalue weighted by atomic mass is 16.5. The van der Waals surface area contributed by atoms with Crippen LogP contribution in [0.2, 0.25) is 0 Å². The van der Waals surface area contributed by atoms with Crippen molar-refractivity contribution in [2.75, 3.05) is 11.9 Å². The SMILES string of the molecule is Cc1cccc(NC(=O)COC(=O)[C@H](C)NC(=O)C23CC4CC(CC(C4)C2)C3)c1C. The Balaban J connectivity index is 1.27. The lowest BCUT2D eigenvalue weighted by atomic mass is 9.49. The predicted molar refractivity (Wildman–Crippen MR) is 114 cm³/mol. The Morgan fingerprint density at radius 1 is 1.07 bits per heavy atom. The van der Waals surface area contributed by atoms with E-state index in [-0.39, 0.29) is 17.9 Å². The van der Waals surface area contributed by atoms with E-state index >= 15 is 0 Å². The second-order valence-corrected chi connectivity index (χ2v) is 9.80. The normalized spacial score (nSPS) is 29.9. The van der Waals surface area contributed by atoms with Gasteiger partial charge >= 0.3 is 5.97 Å². The maximum atomic E-state index is 13.1. The number of hydrogen-bond acceptors (Lipinski definition) is 4. The van der Waals surface area contributed by atoms with Gasteiger partial charge in [-0.1, -0.05) is 12.1 Å². The van der Waals surface area contributed by atoms with Crippen LogP contribution in [-0.4, -0.2) is 30.4 Å². The quantitative estimate of drug-likeness (QED) is 0.701. The Labute approximate surface area is 178 Å². The number of nitrogens with one attached hydrogen (secondary N) is 2. The van der Waals surface area contributed by atoms with Crippen LogP contribution in [0.4, 0.5) is 5.69 Å². The number of aryl methyl sites for hydroxylation is 1. The van der Waals surface area contributed by atoms with Crippen LogP contribution in [0.1, 0.15) is 56.6 Å². The van der Waals surface area contributed by atoms with Gasteiger partial charge in [0.25, 0.3) is 5.91 Å². The number of esters is 1. The Hall–Kier alpha value is -2.37. The van der Waals surface area contributed by atoms with Crippen LogP contribution in [0.15, 0.2) is 18.2 Å². The molecule has 2 N–H and O–H groups in total.